The van der Waals surface area contributed by atoms with E-state index in [0.29, 0.717) is 33.0 Å². The van der Waals surface area contributed by atoms with E-state index in [9.17, 15) is 4.79 Å². The molecule has 8 heteroatoms. The van der Waals surface area contributed by atoms with E-state index >= 15 is 0 Å². The molecule has 0 aliphatic carbocycles. The third-order valence-electron chi connectivity index (χ3n) is 3.26. The Balaban J connectivity index is 2.06. The Morgan fingerprint density at radius 1 is 1.25 bits per heavy atom. The predicted octanol–water partition coefficient (Wildman–Crippen LogP) is 3.44. The zero-order valence-corrected chi connectivity index (χ0v) is 13.4. The van der Waals surface area contributed by atoms with Crippen LogP contribution in [0.3, 0.4) is 0 Å². The first-order chi connectivity index (χ1) is 11.5. The summed E-state index contributed by atoms with van der Waals surface area (Å²) in [6.45, 7) is 5.19. The Morgan fingerprint density at radius 2 is 2.00 bits per heavy atom. The van der Waals surface area contributed by atoms with Crippen molar-refractivity contribution in [3.8, 4) is 11.4 Å². The van der Waals surface area contributed by atoms with E-state index in [-0.39, 0.29) is 11.7 Å². The summed E-state index contributed by atoms with van der Waals surface area (Å²) in [6, 6.07) is 9.75. The number of carbonyl (C=O) groups excluding carboxylic acids is 1. The maximum atomic E-state index is 11.7. The summed E-state index contributed by atoms with van der Waals surface area (Å²) >= 11 is 5.95. The lowest BCUT2D eigenvalue weighted by molar-refractivity contribution is -0.137. The van der Waals surface area contributed by atoms with Gasteiger partial charge in [-0.25, -0.2) is 5.26 Å². The Hall–Kier alpha value is -2.90. The summed E-state index contributed by atoms with van der Waals surface area (Å²) in [5.41, 5.74) is 2.42. The van der Waals surface area contributed by atoms with E-state index in [1.54, 1.807) is 37.3 Å². The van der Waals surface area contributed by atoms with Gasteiger partial charge in [0.1, 0.15) is 16.7 Å². The Kier molecular flexibility index (Phi) is 4.20. The molecule has 122 valence electrons. The van der Waals surface area contributed by atoms with Crippen molar-refractivity contribution in [1.29, 1.82) is 0 Å². The second-order valence-electron chi connectivity index (χ2n) is 5.13. The van der Waals surface area contributed by atoms with Crippen molar-refractivity contribution in [1.82, 2.24) is 15.0 Å². The van der Waals surface area contributed by atoms with Crippen molar-refractivity contribution in [3.63, 3.8) is 0 Å². The van der Waals surface area contributed by atoms with Crippen LogP contribution in [0.5, 0.6) is 5.75 Å². The molecule has 3 aromatic rings. The Morgan fingerprint density at radius 3 is 2.71 bits per heavy atom. The lowest BCUT2D eigenvalue weighted by Crippen LogP contribution is -2.12. The molecule has 1 amide bonds. The summed E-state index contributed by atoms with van der Waals surface area (Å²) < 4.78 is 0. The van der Waals surface area contributed by atoms with Crippen molar-refractivity contribution in [2.24, 2.45) is 0 Å². The number of benzene rings is 2. The third kappa shape index (κ3) is 3.08. The first kappa shape index (κ1) is 16.0. The number of nitrogens with zero attached hydrogens (tertiary/aromatic N) is 3. The highest BCUT2D eigenvalue weighted by atomic mass is 35.5. The SMILES string of the molecule is C=C(C)C(=O)Nc1ccc(OO)c(-n2nc3ccc(Cl)cc3n2)c1. The minimum atomic E-state index is -0.316. The van der Waals surface area contributed by atoms with E-state index in [0.717, 1.165) is 0 Å². The number of nitrogens with one attached hydrogen (secondary N) is 1. The zero-order chi connectivity index (χ0) is 17.3. The molecule has 0 radical (unpaired) electrons. The van der Waals surface area contributed by atoms with Crippen molar-refractivity contribution in [3.05, 3.63) is 53.6 Å². The average Bonchev–Trinajstić information content (AvgIpc) is 2.97. The second-order valence-corrected chi connectivity index (χ2v) is 5.57. The Bertz CT molecular complexity index is 952. The summed E-state index contributed by atoms with van der Waals surface area (Å²) in [5, 5.41) is 20.9. The molecule has 0 unspecified atom stereocenters. The molecule has 0 aliphatic heterocycles. The molecule has 0 fully saturated rings. The fraction of sp³-hybridized carbons (Fsp3) is 0.0625. The first-order valence-electron chi connectivity index (χ1n) is 6.93. The molecule has 1 heterocycles. The van der Waals surface area contributed by atoms with Gasteiger partial charge < -0.3 is 10.2 Å². The molecule has 2 aromatic carbocycles. The van der Waals surface area contributed by atoms with Crippen LogP contribution < -0.4 is 10.2 Å². The van der Waals surface area contributed by atoms with E-state index in [1.807, 2.05) is 0 Å². The fourth-order valence-corrected chi connectivity index (χ4v) is 2.23. The van der Waals surface area contributed by atoms with Gasteiger partial charge in [0.2, 0.25) is 0 Å². The van der Waals surface area contributed by atoms with Crippen LogP contribution in [0.4, 0.5) is 5.69 Å². The number of carbonyl (C=O) groups is 1. The van der Waals surface area contributed by atoms with E-state index < -0.39 is 0 Å². The van der Waals surface area contributed by atoms with Gasteiger partial charge in [-0.3, -0.25) is 4.79 Å². The maximum Gasteiger partial charge on any atom is 0.250 e. The summed E-state index contributed by atoms with van der Waals surface area (Å²) in [6.07, 6.45) is 0. The summed E-state index contributed by atoms with van der Waals surface area (Å²) in [7, 11) is 0. The summed E-state index contributed by atoms with van der Waals surface area (Å²) in [5.74, 6) is -0.182. The minimum absolute atomic E-state index is 0.134. The van der Waals surface area contributed by atoms with Crippen LogP contribution in [0.15, 0.2) is 48.6 Å². The molecule has 0 saturated carbocycles. The van der Waals surface area contributed by atoms with Crippen LogP contribution in [0.25, 0.3) is 16.7 Å². The molecule has 3 rings (SSSR count). The quantitative estimate of drug-likeness (QED) is 0.430. The second kappa shape index (κ2) is 6.31. The van der Waals surface area contributed by atoms with Gasteiger partial charge in [-0.05, 0) is 43.3 Å². The molecule has 24 heavy (non-hydrogen) atoms. The molecule has 2 N–H and O–H groups in total. The number of amides is 1. The molecule has 0 aliphatic rings. The van der Waals surface area contributed by atoms with E-state index in [1.165, 1.54) is 10.9 Å². The van der Waals surface area contributed by atoms with Gasteiger partial charge in [-0.2, -0.15) is 0 Å². The highest BCUT2D eigenvalue weighted by Crippen LogP contribution is 2.27. The first-order valence-corrected chi connectivity index (χ1v) is 7.31. The molecule has 0 atom stereocenters. The van der Waals surface area contributed by atoms with Crippen LogP contribution in [0, 0.1) is 0 Å². The number of aromatic nitrogens is 3. The van der Waals surface area contributed by atoms with Gasteiger partial charge in [0.05, 0.1) is 0 Å². The zero-order valence-electron chi connectivity index (χ0n) is 12.7. The van der Waals surface area contributed by atoms with Gasteiger partial charge in [0.15, 0.2) is 5.75 Å². The normalized spacial score (nSPS) is 10.6. The molecule has 0 bridgehead atoms. The van der Waals surface area contributed by atoms with Crippen LogP contribution in [0.1, 0.15) is 6.92 Å². The molecule has 1 aromatic heterocycles. The smallest absolute Gasteiger partial charge is 0.250 e. The largest absolute Gasteiger partial charge is 0.338 e. The van der Waals surface area contributed by atoms with E-state index in [2.05, 4.69) is 27.0 Å². The standard InChI is InChI=1S/C16H13ClN4O3/c1-9(2)16(22)18-11-4-6-15(24-23)14(8-11)21-19-12-5-3-10(17)7-13(12)20-21/h3-8,23H,1H2,2H3,(H,18,22). The number of fused-ring (bicyclic) bond motifs is 1. The maximum absolute atomic E-state index is 11.7. The van der Waals surface area contributed by atoms with Crippen LogP contribution in [-0.2, 0) is 4.79 Å². The molecule has 0 spiro atoms. The third-order valence-corrected chi connectivity index (χ3v) is 3.50. The fourth-order valence-electron chi connectivity index (χ4n) is 2.06. The van der Waals surface area contributed by atoms with Crippen molar-refractivity contribution >= 4 is 34.2 Å². The number of hydrogen-bond donors (Lipinski definition) is 2. The molecule has 7 nitrogen and oxygen atoms in total. The van der Waals surface area contributed by atoms with Crippen LogP contribution >= 0.6 is 11.6 Å². The van der Waals surface area contributed by atoms with Gasteiger partial charge in [-0.1, -0.05) is 18.2 Å². The highest BCUT2D eigenvalue weighted by molar-refractivity contribution is 6.31. The average molecular weight is 345 g/mol. The monoisotopic (exact) mass is 344 g/mol. The van der Waals surface area contributed by atoms with Crippen LogP contribution in [0.2, 0.25) is 5.02 Å². The van der Waals surface area contributed by atoms with Gasteiger partial charge >= 0.3 is 0 Å². The number of rotatable bonds is 4. The molecule has 0 saturated heterocycles. The van der Waals surface area contributed by atoms with E-state index in [4.69, 9.17) is 16.9 Å². The minimum Gasteiger partial charge on any atom is -0.338 e. The van der Waals surface area contributed by atoms with Crippen molar-refractivity contribution in [2.45, 2.75) is 6.92 Å². The lowest BCUT2D eigenvalue weighted by atomic mass is 10.2. The van der Waals surface area contributed by atoms with Crippen molar-refractivity contribution in [2.75, 3.05) is 5.32 Å². The number of anilines is 1. The molecular weight excluding hydrogens is 332 g/mol. The Labute approximate surface area is 142 Å². The van der Waals surface area contributed by atoms with Gasteiger partial charge in [-0.15, -0.1) is 15.0 Å². The number of halogens is 1. The van der Waals surface area contributed by atoms with Crippen LogP contribution in [-0.4, -0.2) is 26.2 Å². The molecular formula is C16H13ClN4O3. The highest BCUT2D eigenvalue weighted by Gasteiger charge is 2.13. The van der Waals surface area contributed by atoms with Gasteiger partial charge in [0, 0.05) is 16.3 Å². The summed E-state index contributed by atoms with van der Waals surface area (Å²) in [4.78, 5) is 17.4. The number of hydrogen-bond acceptors (Lipinski definition) is 5. The van der Waals surface area contributed by atoms with Gasteiger partial charge in [0.25, 0.3) is 5.91 Å². The van der Waals surface area contributed by atoms with Crippen molar-refractivity contribution < 1.29 is 14.9 Å². The predicted molar refractivity (Wildman–Crippen MR) is 90.6 cm³/mol. The lowest BCUT2D eigenvalue weighted by Gasteiger charge is -2.09. The topological polar surface area (TPSA) is 89.3 Å².